The third kappa shape index (κ3) is 1.80. The van der Waals surface area contributed by atoms with Gasteiger partial charge in [0.25, 0.3) is 0 Å². The van der Waals surface area contributed by atoms with Crippen molar-refractivity contribution in [2.75, 3.05) is 7.11 Å². The number of ether oxygens (including phenoxy) is 1. The lowest BCUT2D eigenvalue weighted by Gasteiger charge is -2.18. The second-order valence-corrected chi connectivity index (χ2v) is 4.46. The number of hydrogen-bond donors (Lipinski definition) is 0. The van der Waals surface area contributed by atoms with Crippen molar-refractivity contribution < 1.29 is 4.74 Å². The average Bonchev–Trinajstić information content (AvgIpc) is 2.29. The molecule has 0 radical (unpaired) electrons. The number of halogens is 1. The van der Waals surface area contributed by atoms with Gasteiger partial charge in [0.15, 0.2) is 0 Å². The Morgan fingerprint density at radius 2 is 2.08 bits per heavy atom. The molecular weight excluding hydrogens is 220 g/mol. The second-order valence-electron chi connectivity index (χ2n) is 3.60. The third-order valence-corrected chi connectivity index (χ3v) is 2.06. The molecule has 0 saturated carbocycles. The molecule has 1 aromatic rings. The smallest absolute Gasteiger partial charge is 0.247 e. The van der Waals surface area contributed by atoms with E-state index in [4.69, 9.17) is 4.74 Å². The molecule has 3 nitrogen and oxygen atoms in total. The van der Waals surface area contributed by atoms with Gasteiger partial charge in [0.1, 0.15) is 0 Å². The van der Waals surface area contributed by atoms with Crippen LogP contribution in [0, 0.1) is 0 Å². The average molecular weight is 233 g/mol. The van der Waals surface area contributed by atoms with Crippen molar-refractivity contribution in [1.82, 2.24) is 9.78 Å². The molecule has 0 fully saturated rings. The molecule has 0 atom stereocenters. The van der Waals surface area contributed by atoms with Crippen molar-refractivity contribution >= 4 is 15.9 Å². The quantitative estimate of drug-likeness (QED) is 0.744. The Morgan fingerprint density at radius 1 is 1.50 bits per heavy atom. The van der Waals surface area contributed by atoms with Gasteiger partial charge in [0, 0.05) is 6.20 Å². The molecular formula is C8H13BrN2O. The van der Waals surface area contributed by atoms with Gasteiger partial charge >= 0.3 is 0 Å². The maximum atomic E-state index is 5.04. The summed E-state index contributed by atoms with van der Waals surface area (Å²) >= 11 is 3.36. The normalized spacial score (nSPS) is 11.8. The fraction of sp³-hybridized carbons (Fsp3) is 0.625. The van der Waals surface area contributed by atoms with E-state index < -0.39 is 0 Å². The van der Waals surface area contributed by atoms with Crippen molar-refractivity contribution in [3.8, 4) is 5.88 Å². The first-order valence-electron chi connectivity index (χ1n) is 3.75. The molecule has 0 aliphatic rings. The topological polar surface area (TPSA) is 27.1 Å². The summed E-state index contributed by atoms with van der Waals surface area (Å²) in [4.78, 5) is 0. The summed E-state index contributed by atoms with van der Waals surface area (Å²) in [6.45, 7) is 6.27. The van der Waals surface area contributed by atoms with Crippen molar-refractivity contribution in [3.63, 3.8) is 0 Å². The Balaban J connectivity index is 3.05. The third-order valence-electron chi connectivity index (χ3n) is 1.52. The summed E-state index contributed by atoms with van der Waals surface area (Å²) in [5, 5.41) is 4.25. The SMILES string of the molecule is COc1nn(C(C)(C)C)cc1Br. The van der Waals surface area contributed by atoms with Crippen LogP contribution in [-0.4, -0.2) is 16.9 Å². The molecule has 0 bridgehead atoms. The Hall–Kier alpha value is -0.510. The van der Waals surface area contributed by atoms with E-state index in [1.807, 2.05) is 10.9 Å². The lowest BCUT2D eigenvalue weighted by molar-refractivity contribution is 0.329. The standard InChI is InChI=1S/C8H13BrN2O/c1-8(2,3)11-5-6(9)7(10-11)12-4/h5H,1-4H3. The zero-order valence-electron chi connectivity index (χ0n) is 7.76. The van der Waals surface area contributed by atoms with Gasteiger partial charge in [-0.15, -0.1) is 5.10 Å². The van der Waals surface area contributed by atoms with Crippen LogP contribution >= 0.6 is 15.9 Å². The van der Waals surface area contributed by atoms with Gasteiger partial charge in [-0.25, -0.2) is 0 Å². The van der Waals surface area contributed by atoms with Crippen LogP contribution in [0.4, 0.5) is 0 Å². The molecule has 1 rings (SSSR count). The lowest BCUT2D eigenvalue weighted by atomic mass is 10.1. The van der Waals surface area contributed by atoms with Crippen LogP contribution in [0.25, 0.3) is 0 Å². The van der Waals surface area contributed by atoms with Gasteiger partial charge in [0.05, 0.1) is 17.1 Å². The molecule has 0 unspecified atom stereocenters. The lowest BCUT2D eigenvalue weighted by Crippen LogP contribution is -2.22. The van der Waals surface area contributed by atoms with E-state index in [0.29, 0.717) is 5.88 Å². The summed E-state index contributed by atoms with van der Waals surface area (Å²) in [5.41, 5.74) is -0.000694. The van der Waals surface area contributed by atoms with Gasteiger partial charge in [-0.3, -0.25) is 4.68 Å². The van der Waals surface area contributed by atoms with Crippen LogP contribution in [-0.2, 0) is 5.54 Å². The first-order chi connectivity index (χ1) is 5.45. The number of aromatic nitrogens is 2. The highest BCUT2D eigenvalue weighted by Gasteiger charge is 2.16. The molecule has 1 heterocycles. The van der Waals surface area contributed by atoms with Crippen LogP contribution in [0.3, 0.4) is 0 Å². The van der Waals surface area contributed by atoms with Crippen LogP contribution in [0.15, 0.2) is 10.7 Å². The molecule has 12 heavy (non-hydrogen) atoms. The van der Waals surface area contributed by atoms with Gasteiger partial charge < -0.3 is 4.74 Å². The minimum atomic E-state index is -0.000694. The molecule has 0 N–H and O–H groups in total. The van der Waals surface area contributed by atoms with Crippen LogP contribution in [0.2, 0.25) is 0 Å². The van der Waals surface area contributed by atoms with E-state index in [0.717, 1.165) is 4.47 Å². The van der Waals surface area contributed by atoms with E-state index in [1.54, 1.807) is 7.11 Å². The molecule has 0 aliphatic heterocycles. The molecule has 0 saturated heterocycles. The first-order valence-corrected chi connectivity index (χ1v) is 4.54. The minimum Gasteiger partial charge on any atom is -0.479 e. The maximum absolute atomic E-state index is 5.04. The van der Waals surface area contributed by atoms with Gasteiger partial charge in [-0.1, -0.05) is 0 Å². The van der Waals surface area contributed by atoms with E-state index in [9.17, 15) is 0 Å². The van der Waals surface area contributed by atoms with Crippen molar-refractivity contribution in [3.05, 3.63) is 10.7 Å². The Kier molecular flexibility index (Phi) is 2.46. The summed E-state index contributed by atoms with van der Waals surface area (Å²) in [5.74, 6) is 0.630. The van der Waals surface area contributed by atoms with E-state index in [1.165, 1.54) is 0 Å². The molecule has 0 amide bonds. The number of hydrogen-bond acceptors (Lipinski definition) is 2. The van der Waals surface area contributed by atoms with E-state index in [2.05, 4.69) is 41.8 Å². The molecule has 0 aromatic carbocycles. The van der Waals surface area contributed by atoms with Crippen LogP contribution < -0.4 is 4.74 Å². The fourth-order valence-corrected chi connectivity index (χ4v) is 1.25. The van der Waals surface area contributed by atoms with Gasteiger partial charge in [-0.05, 0) is 36.7 Å². The molecule has 0 aliphatic carbocycles. The number of nitrogens with zero attached hydrogens (tertiary/aromatic N) is 2. The number of methoxy groups -OCH3 is 1. The zero-order chi connectivity index (χ0) is 9.35. The Morgan fingerprint density at radius 3 is 2.33 bits per heavy atom. The predicted octanol–water partition coefficient (Wildman–Crippen LogP) is 2.41. The van der Waals surface area contributed by atoms with Crippen molar-refractivity contribution in [1.29, 1.82) is 0 Å². The largest absolute Gasteiger partial charge is 0.479 e. The van der Waals surface area contributed by atoms with E-state index >= 15 is 0 Å². The molecule has 4 heteroatoms. The van der Waals surface area contributed by atoms with E-state index in [-0.39, 0.29) is 5.54 Å². The van der Waals surface area contributed by atoms with Crippen molar-refractivity contribution in [2.24, 2.45) is 0 Å². The monoisotopic (exact) mass is 232 g/mol. The Labute approximate surface area is 80.8 Å². The maximum Gasteiger partial charge on any atom is 0.247 e. The van der Waals surface area contributed by atoms with Gasteiger partial charge in [0.2, 0.25) is 5.88 Å². The highest BCUT2D eigenvalue weighted by molar-refractivity contribution is 9.10. The first kappa shape index (κ1) is 9.58. The highest BCUT2D eigenvalue weighted by Crippen LogP contribution is 2.25. The number of rotatable bonds is 1. The summed E-state index contributed by atoms with van der Waals surface area (Å²) in [7, 11) is 1.61. The predicted molar refractivity (Wildman–Crippen MR) is 51.5 cm³/mol. The summed E-state index contributed by atoms with van der Waals surface area (Å²) in [6, 6.07) is 0. The minimum absolute atomic E-state index is 0.000694. The fourth-order valence-electron chi connectivity index (χ4n) is 0.819. The molecule has 0 spiro atoms. The summed E-state index contributed by atoms with van der Waals surface area (Å²) in [6.07, 6.45) is 1.92. The summed E-state index contributed by atoms with van der Waals surface area (Å²) < 4.78 is 7.80. The van der Waals surface area contributed by atoms with Crippen LogP contribution in [0.5, 0.6) is 5.88 Å². The second kappa shape index (κ2) is 3.09. The Bertz CT molecular complexity index is 275. The molecule has 1 aromatic heterocycles. The van der Waals surface area contributed by atoms with Crippen LogP contribution in [0.1, 0.15) is 20.8 Å². The zero-order valence-corrected chi connectivity index (χ0v) is 9.34. The molecule has 68 valence electrons. The highest BCUT2D eigenvalue weighted by atomic mass is 79.9. The van der Waals surface area contributed by atoms with Gasteiger partial charge in [-0.2, -0.15) is 0 Å². The van der Waals surface area contributed by atoms with Crippen molar-refractivity contribution in [2.45, 2.75) is 26.3 Å².